The molecule has 0 radical (unpaired) electrons. The number of aromatic nitrogens is 1. The molecule has 1 aliphatic rings. The first-order chi connectivity index (χ1) is 15.9. The van der Waals surface area contributed by atoms with Crippen LogP contribution in [0.2, 0.25) is 0 Å². The number of fused-ring (bicyclic) bond motifs is 1. The van der Waals surface area contributed by atoms with Crippen molar-refractivity contribution in [3.63, 3.8) is 0 Å². The van der Waals surface area contributed by atoms with Gasteiger partial charge in [-0.1, -0.05) is 25.1 Å². The third-order valence-corrected chi connectivity index (χ3v) is 6.50. The number of carbonyl (C=O) groups excluding carboxylic acids is 1. The van der Waals surface area contributed by atoms with Gasteiger partial charge in [-0.3, -0.25) is 9.59 Å². The fraction of sp³-hybridized carbons (Fsp3) is 0.370. The van der Waals surface area contributed by atoms with Gasteiger partial charge < -0.3 is 14.3 Å². The smallest absolute Gasteiger partial charge is 0.307 e. The van der Waals surface area contributed by atoms with E-state index in [0.29, 0.717) is 36.7 Å². The van der Waals surface area contributed by atoms with Crippen LogP contribution in [0.1, 0.15) is 65.5 Å². The molecule has 172 valence electrons. The summed E-state index contributed by atoms with van der Waals surface area (Å²) in [6.45, 7) is 5.66. The number of carbonyl (C=O) groups is 2. The number of rotatable bonds is 9. The average Bonchev–Trinajstić information content (AvgIpc) is 3.37. The van der Waals surface area contributed by atoms with E-state index in [1.807, 2.05) is 56.3 Å². The van der Waals surface area contributed by atoms with Gasteiger partial charge in [0, 0.05) is 12.0 Å². The van der Waals surface area contributed by atoms with Crippen LogP contribution < -0.4 is 4.74 Å². The molecule has 6 nitrogen and oxygen atoms in total. The first-order valence-electron chi connectivity index (χ1n) is 11.4. The molecule has 4 rings (SSSR count). The standard InChI is InChI=1S/C27H29NO5/c1-4-20(27(30)31)21-11-10-19-14-25(22(16(2)29)15-23(19)21)32-13-12-24-17(3)33-26(28-24)18-8-6-5-7-9-18/h5-9,14-15,20-21H,4,10-13H2,1-3H3,(H,30,31)/t20-,21?/m0/s1. The Balaban J connectivity index is 1.51. The minimum Gasteiger partial charge on any atom is -0.492 e. The molecule has 6 heteroatoms. The van der Waals surface area contributed by atoms with Gasteiger partial charge in [-0.25, -0.2) is 4.98 Å². The molecule has 3 aromatic rings. The van der Waals surface area contributed by atoms with Crippen molar-refractivity contribution >= 4 is 11.8 Å². The van der Waals surface area contributed by atoms with E-state index in [9.17, 15) is 14.7 Å². The van der Waals surface area contributed by atoms with Crippen LogP contribution in [0, 0.1) is 12.8 Å². The number of carboxylic acid groups (broad SMARTS) is 1. The average molecular weight is 448 g/mol. The van der Waals surface area contributed by atoms with Gasteiger partial charge in [0.15, 0.2) is 5.78 Å². The molecule has 1 N–H and O–H groups in total. The molecule has 33 heavy (non-hydrogen) atoms. The predicted octanol–water partition coefficient (Wildman–Crippen LogP) is 5.61. The largest absolute Gasteiger partial charge is 0.492 e. The minimum absolute atomic E-state index is 0.0659. The zero-order valence-electron chi connectivity index (χ0n) is 19.3. The van der Waals surface area contributed by atoms with Gasteiger partial charge in [0.2, 0.25) is 5.89 Å². The van der Waals surface area contributed by atoms with Crippen LogP contribution in [0.15, 0.2) is 46.9 Å². The van der Waals surface area contributed by atoms with Gasteiger partial charge in [-0.15, -0.1) is 0 Å². The van der Waals surface area contributed by atoms with E-state index in [4.69, 9.17) is 9.15 Å². The molecule has 1 heterocycles. The molecular weight excluding hydrogens is 418 g/mol. The summed E-state index contributed by atoms with van der Waals surface area (Å²) in [6.07, 6.45) is 2.69. The van der Waals surface area contributed by atoms with Gasteiger partial charge in [0.05, 0.1) is 23.8 Å². The lowest BCUT2D eigenvalue weighted by Gasteiger charge is -2.20. The Bertz CT molecular complexity index is 1160. The summed E-state index contributed by atoms with van der Waals surface area (Å²) >= 11 is 0. The van der Waals surface area contributed by atoms with Crippen LogP contribution in [0.4, 0.5) is 0 Å². The zero-order valence-corrected chi connectivity index (χ0v) is 19.3. The van der Waals surface area contributed by atoms with E-state index in [-0.39, 0.29) is 11.7 Å². The Kier molecular flexibility index (Phi) is 6.63. The number of nitrogens with zero attached hydrogens (tertiary/aromatic N) is 1. The van der Waals surface area contributed by atoms with E-state index in [1.54, 1.807) is 0 Å². The first kappa shape index (κ1) is 22.8. The topological polar surface area (TPSA) is 89.6 Å². The number of hydrogen-bond acceptors (Lipinski definition) is 5. The van der Waals surface area contributed by atoms with Gasteiger partial charge in [0.25, 0.3) is 0 Å². The Labute approximate surface area is 193 Å². The van der Waals surface area contributed by atoms with E-state index in [0.717, 1.165) is 41.0 Å². The molecule has 1 unspecified atom stereocenters. The maximum atomic E-state index is 12.4. The van der Waals surface area contributed by atoms with Gasteiger partial charge in [0.1, 0.15) is 11.5 Å². The molecule has 0 saturated carbocycles. The summed E-state index contributed by atoms with van der Waals surface area (Å²) in [5.41, 5.74) is 4.30. The number of hydrogen-bond donors (Lipinski definition) is 1. The summed E-state index contributed by atoms with van der Waals surface area (Å²) in [7, 11) is 0. The van der Waals surface area contributed by atoms with E-state index >= 15 is 0 Å². The highest BCUT2D eigenvalue weighted by molar-refractivity contribution is 5.97. The molecule has 2 atom stereocenters. The first-order valence-corrected chi connectivity index (χ1v) is 11.4. The Morgan fingerprint density at radius 2 is 2.00 bits per heavy atom. The zero-order chi connectivity index (χ0) is 23.5. The molecular formula is C27H29NO5. The van der Waals surface area contributed by atoms with Crippen LogP contribution in [0.5, 0.6) is 5.75 Å². The Morgan fingerprint density at radius 3 is 2.67 bits per heavy atom. The molecule has 0 fully saturated rings. The van der Waals surface area contributed by atoms with E-state index in [1.165, 1.54) is 6.92 Å². The lowest BCUT2D eigenvalue weighted by atomic mass is 9.84. The van der Waals surface area contributed by atoms with E-state index in [2.05, 4.69) is 4.98 Å². The number of aryl methyl sites for hydroxylation is 2. The van der Waals surface area contributed by atoms with Crippen LogP contribution in [0.3, 0.4) is 0 Å². The van der Waals surface area contributed by atoms with Gasteiger partial charge in [-0.05, 0) is 74.4 Å². The lowest BCUT2D eigenvalue weighted by Crippen LogP contribution is -2.20. The van der Waals surface area contributed by atoms with Crippen LogP contribution in [-0.4, -0.2) is 28.4 Å². The second kappa shape index (κ2) is 9.61. The predicted molar refractivity (Wildman–Crippen MR) is 125 cm³/mol. The summed E-state index contributed by atoms with van der Waals surface area (Å²) in [5, 5.41) is 9.61. The van der Waals surface area contributed by atoms with Crippen LogP contribution in [-0.2, 0) is 17.6 Å². The third-order valence-electron chi connectivity index (χ3n) is 6.50. The number of ether oxygens (including phenoxy) is 1. The summed E-state index contributed by atoms with van der Waals surface area (Å²) < 4.78 is 11.9. The van der Waals surface area contributed by atoms with Gasteiger partial charge >= 0.3 is 5.97 Å². The molecule has 2 aromatic carbocycles. The summed E-state index contributed by atoms with van der Waals surface area (Å²) in [5.74, 6) is 0.509. The van der Waals surface area contributed by atoms with Crippen molar-refractivity contribution < 1.29 is 23.8 Å². The van der Waals surface area contributed by atoms with Crippen molar-refractivity contribution in [1.82, 2.24) is 4.98 Å². The highest BCUT2D eigenvalue weighted by Gasteiger charge is 2.34. The van der Waals surface area contributed by atoms with Crippen LogP contribution in [0.25, 0.3) is 11.5 Å². The van der Waals surface area contributed by atoms with Crippen molar-refractivity contribution in [3.05, 3.63) is 70.6 Å². The monoisotopic (exact) mass is 447 g/mol. The normalized spacial score (nSPS) is 15.8. The fourth-order valence-corrected chi connectivity index (χ4v) is 4.73. The maximum Gasteiger partial charge on any atom is 0.307 e. The van der Waals surface area contributed by atoms with Crippen molar-refractivity contribution in [2.45, 2.75) is 52.4 Å². The van der Waals surface area contributed by atoms with Gasteiger partial charge in [-0.2, -0.15) is 0 Å². The molecule has 1 aromatic heterocycles. The highest BCUT2D eigenvalue weighted by atomic mass is 16.5. The molecule has 0 amide bonds. The fourth-order valence-electron chi connectivity index (χ4n) is 4.73. The Hall–Kier alpha value is -3.41. The maximum absolute atomic E-state index is 12.4. The quantitative estimate of drug-likeness (QED) is 0.429. The number of carboxylic acids is 1. The Morgan fingerprint density at radius 1 is 1.24 bits per heavy atom. The molecule has 1 aliphatic carbocycles. The molecule has 0 bridgehead atoms. The van der Waals surface area contributed by atoms with Crippen molar-refractivity contribution in [3.8, 4) is 17.2 Å². The molecule has 0 spiro atoms. The summed E-state index contributed by atoms with van der Waals surface area (Å²) in [4.78, 5) is 28.7. The minimum atomic E-state index is -0.780. The third kappa shape index (κ3) is 4.70. The number of ketones is 1. The second-order valence-electron chi connectivity index (χ2n) is 8.59. The lowest BCUT2D eigenvalue weighted by molar-refractivity contribution is -0.142. The van der Waals surface area contributed by atoms with Crippen molar-refractivity contribution in [2.75, 3.05) is 6.61 Å². The molecule has 0 saturated heterocycles. The SMILES string of the molecule is CC[C@H](C(=O)O)C1CCc2cc(OCCc3nc(-c4ccccc4)oc3C)c(C(C)=O)cc21. The number of oxazole rings is 1. The molecule has 0 aliphatic heterocycles. The highest BCUT2D eigenvalue weighted by Crippen LogP contribution is 2.42. The van der Waals surface area contributed by atoms with Crippen molar-refractivity contribution in [2.24, 2.45) is 5.92 Å². The summed E-state index contributed by atoms with van der Waals surface area (Å²) in [6, 6.07) is 13.5. The van der Waals surface area contributed by atoms with Crippen LogP contribution >= 0.6 is 0 Å². The number of Topliss-reactive ketones (excluding diaryl/α,β-unsaturated/α-hetero) is 1. The van der Waals surface area contributed by atoms with Crippen molar-refractivity contribution in [1.29, 1.82) is 0 Å². The number of benzene rings is 2. The van der Waals surface area contributed by atoms with E-state index < -0.39 is 11.9 Å². The number of aliphatic carboxylic acids is 1. The second-order valence-corrected chi connectivity index (χ2v) is 8.59.